The van der Waals surface area contributed by atoms with E-state index in [9.17, 15) is 4.79 Å². The first-order valence-corrected chi connectivity index (χ1v) is 9.75. The third kappa shape index (κ3) is 4.19. The number of nitrogens with zero attached hydrogens (tertiary/aromatic N) is 2. The lowest BCUT2D eigenvalue weighted by Crippen LogP contribution is -2.46. The molecular formula is C19H28BrN3O. The number of likely N-dealkylation sites (N-methyl/N-ethyl adjacent to an activating group) is 1. The molecule has 1 unspecified atom stereocenters. The molecule has 1 atom stereocenters. The van der Waals surface area contributed by atoms with E-state index in [1.807, 2.05) is 0 Å². The molecule has 1 aliphatic heterocycles. The summed E-state index contributed by atoms with van der Waals surface area (Å²) in [5.41, 5.74) is 1.49. The van der Waals surface area contributed by atoms with Crippen molar-refractivity contribution in [2.75, 3.05) is 39.8 Å². The summed E-state index contributed by atoms with van der Waals surface area (Å²) in [6, 6.07) is 8.75. The smallest absolute Gasteiger partial charge is 0.221 e. The highest BCUT2D eigenvalue weighted by molar-refractivity contribution is 9.10. The molecular weight excluding hydrogens is 366 g/mol. The normalized spacial score (nSPS) is 22.1. The molecule has 1 heterocycles. The first kappa shape index (κ1) is 17.9. The Hall–Kier alpha value is -0.910. The summed E-state index contributed by atoms with van der Waals surface area (Å²) < 4.78 is 1.10. The van der Waals surface area contributed by atoms with Gasteiger partial charge in [0.2, 0.25) is 5.91 Å². The molecule has 0 radical (unpaired) electrons. The molecule has 1 aromatic carbocycles. The van der Waals surface area contributed by atoms with E-state index < -0.39 is 0 Å². The van der Waals surface area contributed by atoms with Crippen LogP contribution in [0.15, 0.2) is 28.7 Å². The van der Waals surface area contributed by atoms with E-state index in [4.69, 9.17) is 0 Å². The molecule has 1 aromatic rings. The Morgan fingerprint density at radius 3 is 2.42 bits per heavy atom. The van der Waals surface area contributed by atoms with Crippen LogP contribution < -0.4 is 5.32 Å². The number of hydrogen-bond donors (Lipinski definition) is 1. The number of amides is 1. The molecule has 5 heteroatoms. The van der Waals surface area contributed by atoms with Crippen LogP contribution in [-0.4, -0.2) is 61.5 Å². The predicted molar refractivity (Wildman–Crippen MR) is 101 cm³/mol. The maximum Gasteiger partial charge on any atom is 0.221 e. The summed E-state index contributed by atoms with van der Waals surface area (Å²) >= 11 is 3.49. The first-order chi connectivity index (χ1) is 11.5. The second kappa shape index (κ2) is 7.54. The first-order valence-electron chi connectivity index (χ1n) is 8.96. The average Bonchev–Trinajstić information content (AvgIpc) is 3.37. The van der Waals surface area contributed by atoms with Gasteiger partial charge in [-0.3, -0.25) is 4.79 Å². The van der Waals surface area contributed by atoms with Crippen LogP contribution in [0.2, 0.25) is 0 Å². The Balaban J connectivity index is 1.48. The molecule has 0 bridgehead atoms. The Bertz CT molecular complexity index is 562. The molecule has 1 saturated heterocycles. The lowest BCUT2D eigenvalue weighted by Gasteiger charge is -2.32. The number of piperazine rings is 1. The van der Waals surface area contributed by atoms with Crippen molar-refractivity contribution in [3.8, 4) is 0 Å². The van der Waals surface area contributed by atoms with Gasteiger partial charge in [0.25, 0.3) is 0 Å². The standard InChI is InChI=1S/C19H28BrN3O/c1-15(19(8-9-19)16-3-5-17(20)6-4-16)21-18(24)7-10-23-13-11-22(2)12-14-23/h3-6,15H,7-14H2,1-2H3,(H,21,24). The van der Waals surface area contributed by atoms with Crippen molar-refractivity contribution in [3.63, 3.8) is 0 Å². The Morgan fingerprint density at radius 1 is 1.21 bits per heavy atom. The van der Waals surface area contributed by atoms with Gasteiger partial charge in [-0.1, -0.05) is 28.1 Å². The van der Waals surface area contributed by atoms with Crippen LogP contribution in [0.25, 0.3) is 0 Å². The van der Waals surface area contributed by atoms with Crippen molar-refractivity contribution in [1.82, 2.24) is 15.1 Å². The van der Waals surface area contributed by atoms with Gasteiger partial charge in [0.1, 0.15) is 0 Å². The van der Waals surface area contributed by atoms with E-state index in [-0.39, 0.29) is 17.4 Å². The van der Waals surface area contributed by atoms with Crippen molar-refractivity contribution in [2.24, 2.45) is 0 Å². The molecule has 3 rings (SSSR count). The Labute approximate surface area is 153 Å². The summed E-state index contributed by atoms with van der Waals surface area (Å²) in [5, 5.41) is 3.26. The van der Waals surface area contributed by atoms with Crippen LogP contribution in [-0.2, 0) is 10.2 Å². The van der Waals surface area contributed by atoms with Gasteiger partial charge in [-0.05, 0) is 44.5 Å². The second-order valence-corrected chi connectivity index (χ2v) is 8.26. The molecule has 132 valence electrons. The monoisotopic (exact) mass is 393 g/mol. The molecule has 1 N–H and O–H groups in total. The topological polar surface area (TPSA) is 35.6 Å². The van der Waals surface area contributed by atoms with Crippen molar-refractivity contribution in [2.45, 2.75) is 37.6 Å². The summed E-state index contributed by atoms with van der Waals surface area (Å²) in [4.78, 5) is 17.1. The van der Waals surface area contributed by atoms with Gasteiger partial charge in [0, 0.05) is 55.1 Å². The largest absolute Gasteiger partial charge is 0.353 e. The van der Waals surface area contributed by atoms with Crippen molar-refractivity contribution in [3.05, 3.63) is 34.3 Å². The van der Waals surface area contributed by atoms with Crippen molar-refractivity contribution >= 4 is 21.8 Å². The van der Waals surface area contributed by atoms with Crippen LogP contribution in [0.5, 0.6) is 0 Å². The number of carbonyl (C=O) groups is 1. The van der Waals surface area contributed by atoms with Gasteiger partial charge in [0.05, 0.1) is 0 Å². The average molecular weight is 394 g/mol. The molecule has 4 nitrogen and oxygen atoms in total. The van der Waals surface area contributed by atoms with Gasteiger partial charge >= 0.3 is 0 Å². The van der Waals surface area contributed by atoms with Gasteiger partial charge in [-0.15, -0.1) is 0 Å². The molecule has 24 heavy (non-hydrogen) atoms. The van der Waals surface area contributed by atoms with E-state index in [1.165, 1.54) is 5.56 Å². The highest BCUT2D eigenvalue weighted by atomic mass is 79.9. The number of halogens is 1. The minimum atomic E-state index is 0.143. The fourth-order valence-electron chi connectivity index (χ4n) is 3.67. The highest BCUT2D eigenvalue weighted by Gasteiger charge is 2.49. The number of hydrogen-bond acceptors (Lipinski definition) is 3. The van der Waals surface area contributed by atoms with Crippen molar-refractivity contribution < 1.29 is 4.79 Å². The summed E-state index contributed by atoms with van der Waals surface area (Å²) in [5.74, 6) is 0.185. The summed E-state index contributed by atoms with van der Waals surface area (Å²) in [6.45, 7) is 7.38. The van der Waals surface area contributed by atoms with Crippen LogP contribution in [0.3, 0.4) is 0 Å². The number of benzene rings is 1. The van der Waals surface area contributed by atoms with E-state index in [0.717, 1.165) is 50.0 Å². The molecule has 2 aliphatic rings. The van der Waals surface area contributed by atoms with E-state index in [2.05, 4.69) is 69.3 Å². The lowest BCUT2D eigenvalue weighted by atomic mass is 9.89. The van der Waals surface area contributed by atoms with Crippen LogP contribution >= 0.6 is 15.9 Å². The number of rotatable bonds is 6. The third-order valence-electron chi connectivity index (χ3n) is 5.67. The Morgan fingerprint density at radius 2 is 1.83 bits per heavy atom. The van der Waals surface area contributed by atoms with Gasteiger partial charge in [0.15, 0.2) is 0 Å². The van der Waals surface area contributed by atoms with Gasteiger partial charge < -0.3 is 15.1 Å². The zero-order valence-corrected chi connectivity index (χ0v) is 16.3. The number of nitrogens with one attached hydrogen (secondary N) is 1. The summed E-state index contributed by atoms with van der Waals surface area (Å²) in [7, 11) is 2.16. The zero-order chi connectivity index (χ0) is 17.2. The number of carbonyl (C=O) groups excluding carboxylic acids is 1. The van der Waals surface area contributed by atoms with Crippen LogP contribution in [0.1, 0.15) is 31.7 Å². The summed E-state index contributed by atoms with van der Waals surface area (Å²) in [6.07, 6.45) is 2.92. The van der Waals surface area contributed by atoms with E-state index in [1.54, 1.807) is 0 Å². The minimum absolute atomic E-state index is 0.143. The van der Waals surface area contributed by atoms with Crippen LogP contribution in [0, 0.1) is 0 Å². The fraction of sp³-hybridized carbons (Fsp3) is 0.632. The molecule has 2 fully saturated rings. The second-order valence-electron chi connectivity index (χ2n) is 7.35. The van der Waals surface area contributed by atoms with Gasteiger partial charge in [-0.2, -0.15) is 0 Å². The highest BCUT2D eigenvalue weighted by Crippen LogP contribution is 2.51. The SMILES string of the molecule is CC(NC(=O)CCN1CCN(C)CC1)C1(c2ccc(Br)cc2)CC1. The third-order valence-corrected chi connectivity index (χ3v) is 6.19. The van der Waals surface area contributed by atoms with E-state index >= 15 is 0 Å². The van der Waals surface area contributed by atoms with Crippen molar-refractivity contribution in [1.29, 1.82) is 0 Å². The molecule has 1 amide bonds. The lowest BCUT2D eigenvalue weighted by molar-refractivity contribution is -0.122. The minimum Gasteiger partial charge on any atom is -0.353 e. The zero-order valence-electron chi connectivity index (χ0n) is 14.7. The predicted octanol–water partition coefficient (Wildman–Crippen LogP) is 2.62. The fourth-order valence-corrected chi connectivity index (χ4v) is 3.94. The van der Waals surface area contributed by atoms with Crippen LogP contribution in [0.4, 0.5) is 0 Å². The van der Waals surface area contributed by atoms with Gasteiger partial charge in [-0.25, -0.2) is 0 Å². The maximum atomic E-state index is 12.4. The quantitative estimate of drug-likeness (QED) is 0.806. The molecule has 0 aromatic heterocycles. The molecule has 0 spiro atoms. The maximum absolute atomic E-state index is 12.4. The molecule has 1 aliphatic carbocycles. The Kier molecular flexibility index (Phi) is 5.63. The van der Waals surface area contributed by atoms with E-state index in [0.29, 0.717) is 6.42 Å². The molecule has 1 saturated carbocycles.